The number of amides is 1. The fourth-order valence-corrected chi connectivity index (χ4v) is 1.88. The highest BCUT2D eigenvalue weighted by Gasteiger charge is 2.29. The van der Waals surface area contributed by atoms with E-state index in [4.69, 9.17) is 15.9 Å². The van der Waals surface area contributed by atoms with Crippen LogP contribution in [0.2, 0.25) is 0 Å². The van der Waals surface area contributed by atoms with Crippen molar-refractivity contribution in [2.45, 2.75) is 0 Å². The van der Waals surface area contributed by atoms with Crippen LogP contribution >= 0.6 is 0 Å². The van der Waals surface area contributed by atoms with E-state index in [1.165, 1.54) is 7.11 Å². The summed E-state index contributed by atoms with van der Waals surface area (Å²) in [6, 6.07) is 6.84. The van der Waals surface area contributed by atoms with Crippen LogP contribution < -0.4 is 15.8 Å². The molecule has 0 aromatic heterocycles. The van der Waals surface area contributed by atoms with E-state index in [0.29, 0.717) is 11.4 Å². The highest BCUT2D eigenvalue weighted by atomic mass is 16.5. The smallest absolute Gasteiger partial charge is 0.254 e. The van der Waals surface area contributed by atoms with E-state index in [1.807, 2.05) is 0 Å². The average molecular weight is 287 g/mol. The third kappa shape index (κ3) is 2.62. The molecule has 0 fully saturated rings. The van der Waals surface area contributed by atoms with Gasteiger partial charge in [-0.05, 0) is 12.1 Å². The number of hydrogen-bond acceptors (Lipinski definition) is 6. The van der Waals surface area contributed by atoms with E-state index in [-0.39, 0.29) is 5.70 Å². The van der Waals surface area contributed by atoms with Crippen LogP contribution in [-0.2, 0) is 9.59 Å². The maximum atomic E-state index is 11.7. The number of hydrogen-bond donors (Lipinski definition) is 4. The fourth-order valence-electron chi connectivity index (χ4n) is 1.88. The largest absolute Gasteiger partial charge is 0.505 e. The van der Waals surface area contributed by atoms with E-state index >= 15 is 0 Å². The molecule has 0 aliphatic heterocycles. The molecule has 1 aliphatic carbocycles. The second kappa shape index (κ2) is 5.49. The lowest BCUT2D eigenvalue weighted by Gasteiger charge is -2.18. The second-order valence-corrected chi connectivity index (χ2v) is 4.21. The van der Waals surface area contributed by atoms with Crippen molar-refractivity contribution < 1.29 is 19.4 Å². The van der Waals surface area contributed by atoms with Gasteiger partial charge in [0.05, 0.1) is 18.5 Å². The van der Waals surface area contributed by atoms with Gasteiger partial charge in [0.2, 0.25) is 5.78 Å². The molecule has 0 bridgehead atoms. The minimum Gasteiger partial charge on any atom is -0.505 e. The lowest BCUT2D eigenvalue weighted by molar-refractivity contribution is -0.115. The Labute approximate surface area is 120 Å². The first-order chi connectivity index (χ1) is 9.95. The molecule has 0 radical (unpaired) electrons. The summed E-state index contributed by atoms with van der Waals surface area (Å²) in [6.45, 7) is 0. The quantitative estimate of drug-likeness (QED) is 0.612. The Kier molecular flexibility index (Phi) is 3.75. The van der Waals surface area contributed by atoms with Crippen molar-refractivity contribution in [2.75, 3.05) is 12.4 Å². The summed E-state index contributed by atoms with van der Waals surface area (Å²) in [5.41, 5.74) is 4.41. The van der Waals surface area contributed by atoms with Crippen molar-refractivity contribution >= 4 is 23.1 Å². The van der Waals surface area contributed by atoms with Crippen LogP contribution in [0.1, 0.15) is 0 Å². The van der Waals surface area contributed by atoms with Crippen LogP contribution in [0.25, 0.3) is 0 Å². The van der Waals surface area contributed by atoms with Gasteiger partial charge in [0.1, 0.15) is 17.0 Å². The van der Waals surface area contributed by atoms with Crippen LogP contribution in [0.15, 0.2) is 47.4 Å². The van der Waals surface area contributed by atoms with Gasteiger partial charge in [-0.25, -0.2) is 0 Å². The van der Waals surface area contributed by atoms with Crippen molar-refractivity contribution in [3.05, 3.63) is 47.4 Å². The number of aliphatic hydroxyl groups is 1. The maximum absolute atomic E-state index is 11.7. The molecule has 0 atom stereocenters. The Hall–Kier alpha value is -3.09. The molecule has 1 aliphatic rings. The van der Waals surface area contributed by atoms with E-state index < -0.39 is 28.7 Å². The van der Waals surface area contributed by atoms with Crippen molar-refractivity contribution in [1.82, 2.24) is 0 Å². The predicted octanol–water partition coefficient (Wildman–Crippen LogP) is 0.891. The zero-order valence-corrected chi connectivity index (χ0v) is 11.1. The van der Waals surface area contributed by atoms with Gasteiger partial charge in [-0.1, -0.05) is 12.1 Å². The summed E-state index contributed by atoms with van der Waals surface area (Å²) >= 11 is 0. The number of primary amides is 1. The van der Waals surface area contributed by atoms with Crippen LogP contribution in [0.5, 0.6) is 5.75 Å². The third-order valence-corrected chi connectivity index (χ3v) is 2.89. The summed E-state index contributed by atoms with van der Waals surface area (Å²) in [6.07, 6.45) is 1.02. The molecule has 5 N–H and O–H groups in total. The molecule has 1 aromatic carbocycles. The highest BCUT2D eigenvalue weighted by molar-refractivity contribution is 6.54. The first-order valence-electron chi connectivity index (χ1n) is 5.94. The zero-order valence-electron chi connectivity index (χ0n) is 11.1. The predicted molar refractivity (Wildman–Crippen MR) is 76.3 cm³/mol. The van der Waals surface area contributed by atoms with Crippen LogP contribution in [0.4, 0.5) is 5.69 Å². The summed E-state index contributed by atoms with van der Waals surface area (Å²) < 4.78 is 5.14. The molecule has 108 valence electrons. The van der Waals surface area contributed by atoms with E-state index in [2.05, 4.69) is 5.32 Å². The van der Waals surface area contributed by atoms with Gasteiger partial charge in [0, 0.05) is 6.08 Å². The molecule has 0 heterocycles. The van der Waals surface area contributed by atoms with Crippen molar-refractivity contribution in [3.8, 4) is 5.75 Å². The molecule has 7 nitrogen and oxygen atoms in total. The second-order valence-electron chi connectivity index (χ2n) is 4.21. The van der Waals surface area contributed by atoms with Crippen LogP contribution in [0, 0.1) is 5.41 Å². The Bertz CT molecular complexity index is 704. The molecular weight excluding hydrogens is 274 g/mol. The number of ether oxygens (including phenoxy) is 1. The number of nitrogens with two attached hydrogens (primary N) is 1. The standard InChI is InChI=1S/C14H13N3O4/c1-21-10-5-3-2-4-7(10)17-8-6-9(18)12(15)11(13(8)19)14(16)20/h2-6,15,17,19H,1H3,(H2,16,20). The maximum Gasteiger partial charge on any atom is 0.254 e. The number of benzene rings is 1. The molecule has 0 spiro atoms. The van der Waals surface area contributed by atoms with Gasteiger partial charge in [0.15, 0.2) is 5.76 Å². The third-order valence-electron chi connectivity index (χ3n) is 2.89. The number of ketones is 1. The number of carbonyl (C=O) groups excluding carboxylic acids is 2. The van der Waals surface area contributed by atoms with Crippen molar-refractivity contribution in [2.24, 2.45) is 5.73 Å². The SMILES string of the molecule is COc1ccccc1NC1=CC(=O)C(=N)C(C(N)=O)=C1O. The topological polar surface area (TPSA) is 126 Å². The Morgan fingerprint density at radius 3 is 2.67 bits per heavy atom. The lowest BCUT2D eigenvalue weighted by Crippen LogP contribution is -2.31. The Morgan fingerprint density at radius 2 is 2.05 bits per heavy atom. The van der Waals surface area contributed by atoms with Gasteiger partial charge >= 0.3 is 0 Å². The van der Waals surface area contributed by atoms with Gasteiger partial charge in [-0.2, -0.15) is 0 Å². The molecule has 0 unspecified atom stereocenters. The number of para-hydroxylation sites is 2. The van der Waals surface area contributed by atoms with E-state index in [0.717, 1.165) is 6.08 Å². The summed E-state index contributed by atoms with van der Waals surface area (Å²) in [7, 11) is 1.47. The molecular formula is C14H13N3O4. The van der Waals surface area contributed by atoms with Gasteiger partial charge < -0.3 is 20.9 Å². The molecule has 1 amide bonds. The van der Waals surface area contributed by atoms with Gasteiger partial charge in [-0.3, -0.25) is 15.0 Å². The molecule has 0 saturated carbocycles. The van der Waals surface area contributed by atoms with Crippen molar-refractivity contribution in [3.63, 3.8) is 0 Å². The Balaban J connectivity index is 2.44. The highest BCUT2D eigenvalue weighted by Crippen LogP contribution is 2.28. The lowest BCUT2D eigenvalue weighted by atomic mass is 9.97. The molecule has 0 saturated heterocycles. The van der Waals surface area contributed by atoms with Crippen molar-refractivity contribution in [1.29, 1.82) is 5.41 Å². The molecule has 1 aromatic rings. The summed E-state index contributed by atoms with van der Waals surface area (Å²) in [5, 5.41) is 20.3. The fraction of sp³-hybridized carbons (Fsp3) is 0.0714. The Morgan fingerprint density at radius 1 is 1.38 bits per heavy atom. The van der Waals surface area contributed by atoms with Gasteiger partial charge in [0.25, 0.3) is 5.91 Å². The van der Waals surface area contributed by atoms with Crippen LogP contribution in [-0.4, -0.2) is 29.6 Å². The number of anilines is 1. The molecule has 7 heteroatoms. The van der Waals surface area contributed by atoms with E-state index in [9.17, 15) is 14.7 Å². The monoisotopic (exact) mass is 287 g/mol. The minimum atomic E-state index is -1.04. The molecule has 2 rings (SSSR count). The average Bonchev–Trinajstić information content (AvgIpc) is 2.45. The van der Waals surface area contributed by atoms with Gasteiger partial charge in [-0.15, -0.1) is 0 Å². The minimum absolute atomic E-state index is 0.0192. The summed E-state index contributed by atoms with van der Waals surface area (Å²) in [5.74, 6) is -1.82. The van der Waals surface area contributed by atoms with E-state index in [1.54, 1.807) is 24.3 Å². The molecule has 21 heavy (non-hydrogen) atoms. The first-order valence-corrected chi connectivity index (χ1v) is 5.94. The number of allylic oxidation sites excluding steroid dienone is 1. The zero-order chi connectivity index (χ0) is 15.6. The first kappa shape index (κ1) is 14.3. The number of aliphatic hydroxyl groups excluding tert-OH is 1. The normalized spacial score (nSPS) is 14.8. The van der Waals surface area contributed by atoms with Crippen LogP contribution in [0.3, 0.4) is 0 Å². The number of methoxy groups -OCH3 is 1. The number of nitrogens with one attached hydrogen (secondary N) is 2. The summed E-state index contributed by atoms with van der Waals surface area (Å²) in [4.78, 5) is 23.0. The number of carbonyl (C=O) groups is 2. The number of rotatable bonds is 4.